The number of sulfonamides is 2. The second kappa shape index (κ2) is 7.91. The maximum atomic E-state index is 13.0. The molecule has 3 rings (SSSR count). The van der Waals surface area contributed by atoms with Crippen LogP contribution in [0.4, 0.5) is 11.4 Å². The van der Waals surface area contributed by atoms with Gasteiger partial charge in [0.15, 0.2) is 0 Å². The van der Waals surface area contributed by atoms with Crippen molar-refractivity contribution in [2.75, 3.05) is 28.5 Å². The van der Waals surface area contributed by atoms with Crippen LogP contribution < -0.4 is 18.5 Å². The first-order chi connectivity index (χ1) is 13.7. The molecule has 0 spiro atoms. The van der Waals surface area contributed by atoms with Crippen LogP contribution in [0.5, 0.6) is 11.5 Å². The van der Waals surface area contributed by atoms with E-state index in [0.717, 1.165) is 6.07 Å². The zero-order chi connectivity index (χ0) is 21.2. The van der Waals surface area contributed by atoms with Gasteiger partial charge >= 0.3 is 0 Å². The Labute approximate surface area is 169 Å². The van der Waals surface area contributed by atoms with Crippen molar-refractivity contribution in [3.05, 3.63) is 42.5 Å². The second-order valence-corrected chi connectivity index (χ2v) is 9.68. The highest BCUT2D eigenvalue weighted by molar-refractivity contribution is 7.94. The summed E-state index contributed by atoms with van der Waals surface area (Å²) in [7, 11) is -6.74. The number of nitrogens with one attached hydrogen (secondary N) is 1. The van der Waals surface area contributed by atoms with Gasteiger partial charge in [-0.05, 0) is 37.3 Å². The molecule has 11 heteroatoms. The highest BCUT2D eigenvalue weighted by Crippen LogP contribution is 2.34. The molecule has 1 heterocycles. The number of amides is 1. The molecular formula is C18H20N2O7S2. The molecular weight excluding hydrogens is 420 g/mol. The third-order valence-corrected chi connectivity index (χ3v) is 7.26. The summed E-state index contributed by atoms with van der Waals surface area (Å²) in [5.74, 6) is -0.599. The van der Waals surface area contributed by atoms with Crippen molar-refractivity contribution in [3.63, 3.8) is 0 Å². The van der Waals surface area contributed by atoms with Gasteiger partial charge in [0.1, 0.15) is 16.4 Å². The van der Waals surface area contributed by atoms with Crippen molar-refractivity contribution in [1.82, 2.24) is 0 Å². The fourth-order valence-electron chi connectivity index (χ4n) is 2.90. The molecule has 1 saturated heterocycles. The van der Waals surface area contributed by atoms with Crippen molar-refractivity contribution < 1.29 is 31.1 Å². The molecule has 0 radical (unpaired) electrons. The Morgan fingerprint density at radius 2 is 1.86 bits per heavy atom. The van der Waals surface area contributed by atoms with Crippen LogP contribution in [0.1, 0.15) is 13.3 Å². The van der Waals surface area contributed by atoms with Crippen LogP contribution >= 0.6 is 0 Å². The van der Waals surface area contributed by atoms with Crippen molar-refractivity contribution in [2.45, 2.75) is 18.2 Å². The SMILES string of the molecule is CCOc1ccccc1NS(=O)(=O)c1cc(N2C(=O)CCS2(=O)=O)ccc1OC. The number of hydrogen-bond donors (Lipinski definition) is 1. The number of anilines is 2. The van der Waals surface area contributed by atoms with Gasteiger partial charge in [-0.3, -0.25) is 9.52 Å². The number of hydrogen-bond acceptors (Lipinski definition) is 7. The van der Waals surface area contributed by atoms with Gasteiger partial charge < -0.3 is 9.47 Å². The first-order valence-corrected chi connectivity index (χ1v) is 11.8. The number of rotatable bonds is 7. The van der Waals surface area contributed by atoms with Gasteiger partial charge in [0.25, 0.3) is 10.0 Å². The van der Waals surface area contributed by atoms with E-state index >= 15 is 0 Å². The lowest BCUT2D eigenvalue weighted by Crippen LogP contribution is -2.29. The lowest BCUT2D eigenvalue weighted by atomic mass is 10.3. The largest absolute Gasteiger partial charge is 0.495 e. The zero-order valence-corrected chi connectivity index (χ0v) is 17.4. The van der Waals surface area contributed by atoms with Gasteiger partial charge in [-0.15, -0.1) is 0 Å². The summed E-state index contributed by atoms with van der Waals surface area (Å²) in [6.07, 6.45) is -0.156. The number of carbonyl (C=O) groups is 1. The van der Waals surface area contributed by atoms with Gasteiger partial charge in [-0.25, -0.2) is 21.1 Å². The fraction of sp³-hybridized carbons (Fsp3) is 0.278. The van der Waals surface area contributed by atoms with E-state index in [-0.39, 0.29) is 34.2 Å². The Hall–Kier alpha value is -2.79. The lowest BCUT2D eigenvalue weighted by molar-refractivity contribution is -0.116. The van der Waals surface area contributed by atoms with Crippen LogP contribution in [-0.4, -0.2) is 42.2 Å². The smallest absolute Gasteiger partial charge is 0.265 e. The summed E-state index contributed by atoms with van der Waals surface area (Å²) in [4.78, 5) is 11.7. The highest BCUT2D eigenvalue weighted by Gasteiger charge is 2.37. The van der Waals surface area contributed by atoms with Crippen LogP contribution in [0.25, 0.3) is 0 Å². The van der Waals surface area contributed by atoms with E-state index in [0.29, 0.717) is 16.7 Å². The number of ether oxygens (including phenoxy) is 2. The van der Waals surface area contributed by atoms with Gasteiger partial charge in [-0.1, -0.05) is 12.1 Å². The molecule has 29 heavy (non-hydrogen) atoms. The molecule has 0 saturated carbocycles. The predicted molar refractivity (Wildman–Crippen MR) is 107 cm³/mol. The molecule has 2 aromatic carbocycles. The average Bonchev–Trinajstić information content (AvgIpc) is 2.95. The molecule has 0 aromatic heterocycles. The molecule has 1 aliphatic rings. The number of methoxy groups -OCH3 is 1. The molecule has 0 unspecified atom stereocenters. The summed E-state index contributed by atoms with van der Waals surface area (Å²) in [6, 6.07) is 10.2. The summed E-state index contributed by atoms with van der Waals surface area (Å²) in [6.45, 7) is 2.11. The van der Waals surface area contributed by atoms with Crippen LogP contribution in [0.2, 0.25) is 0 Å². The maximum Gasteiger partial charge on any atom is 0.265 e. The predicted octanol–water partition coefficient (Wildman–Crippen LogP) is 1.96. The Morgan fingerprint density at radius 1 is 1.14 bits per heavy atom. The fourth-order valence-corrected chi connectivity index (χ4v) is 5.61. The molecule has 1 amide bonds. The van der Waals surface area contributed by atoms with E-state index in [4.69, 9.17) is 9.47 Å². The number of para-hydroxylation sites is 2. The lowest BCUT2D eigenvalue weighted by Gasteiger charge is -2.18. The molecule has 2 aromatic rings. The van der Waals surface area contributed by atoms with Crippen molar-refractivity contribution in [3.8, 4) is 11.5 Å². The van der Waals surface area contributed by atoms with Crippen LogP contribution in [-0.2, 0) is 24.8 Å². The average molecular weight is 440 g/mol. The topological polar surface area (TPSA) is 119 Å². The van der Waals surface area contributed by atoms with E-state index in [9.17, 15) is 21.6 Å². The standard InChI is InChI=1S/C18H20N2O7S2/c1-3-27-15-7-5-4-6-14(15)19-29(24,25)17-12-13(8-9-16(17)26-2)20-18(21)10-11-28(20,22)23/h4-9,12,19H,3,10-11H2,1-2H3. The van der Waals surface area contributed by atoms with E-state index < -0.39 is 26.0 Å². The second-order valence-electron chi connectivity index (χ2n) is 6.09. The molecule has 9 nitrogen and oxygen atoms in total. The summed E-state index contributed by atoms with van der Waals surface area (Å²) in [5.41, 5.74) is 0.151. The normalized spacial score (nSPS) is 15.9. The van der Waals surface area contributed by atoms with Crippen LogP contribution in [0, 0.1) is 0 Å². The molecule has 1 fully saturated rings. The van der Waals surface area contributed by atoms with Gasteiger partial charge in [-0.2, -0.15) is 0 Å². The first-order valence-electron chi connectivity index (χ1n) is 8.68. The monoisotopic (exact) mass is 440 g/mol. The first kappa shape index (κ1) is 20.9. The van der Waals surface area contributed by atoms with E-state index in [2.05, 4.69) is 4.72 Å². The molecule has 1 N–H and O–H groups in total. The summed E-state index contributed by atoms with van der Waals surface area (Å²) >= 11 is 0. The van der Waals surface area contributed by atoms with Crippen LogP contribution in [0.15, 0.2) is 47.4 Å². The summed E-state index contributed by atoms with van der Waals surface area (Å²) in [5, 5.41) is 0. The Balaban J connectivity index is 2.06. The quantitative estimate of drug-likeness (QED) is 0.699. The minimum atomic E-state index is -4.19. The van der Waals surface area contributed by atoms with Crippen molar-refractivity contribution in [1.29, 1.82) is 0 Å². The number of carbonyl (C=O) groups excluding carboxylic acids is 1. The minimum absolute atomic E-state index is 0.000755. The molecule has 0 bridgehead atoms. The van der Waals surface area contributed by atoms with Gasteiger partial charge in [0.05, 0.1) is 30.8 Å². The minimum Gasteiger partial charge on any atom is -0.495 e. The van der Waals surface area contributed by atoms with Crippen molar-refractivity contribution >= 4 is 37.3 Å². The Morgan fingerprint density at radius 3 is 2.48 bits per heavy atom. The summed E-state index contributed by atoms with van der Waals surface area (Å²) < 4.78 is 64.1. The molecule has 0 atom stereocenters. The third-order valence-electron chi connectivity index (χ3n) is 4.18. The maximum absolute atomic E-state index is 13.0. The Kier molecular flexibility index (Phi) is 5.71. The molecule has 0 aliphatic carbocycles. The molecule has 1 aliphatic heterocycles. The van der Waals surface area contributed by atoms with E-state index in [1.165, 1.54) is 25.3 Å². The van der Waals surface area contributed by atoms with Crippen LogP contribution in [0.3, 0.4) is 0 Å². The van der Waals surface area contributed by atoms with E-state index in [1.54, 1.807) is 25.1 Å². The Bertz CT molecular complexity index is 1140. The zero-order valence-electron chi connectivity index (χ0n) is 15.8. The number of benzene rings is 2. The van der Waals surface area contributed by atoms with Gasteiger partial charge in [0, 0.05) is 6.42 Å². The highest BCUT2D eigenvalue weighted by atomic mass is 32.2. The van der Waals surface area contributed by atoms with Gasteiger partial charge in [0.2, 0.25) is 15.9 Å². The number of nitrogens with zero attached hydrogens (tertiary/aromatic N) is 1. The van der Waals surface area contributed by atoms with E-state index in [1.807, 2.05) is 0 Å². The van der Waals surface area contributed by atoms with Crippen molar-refractivity contribution in [2.24, 2.45) is 0 Å². The third kappa shape index (κ3) is 4.15. The molecule has 156 valence electrons.